The minimum atomic E-state index is -3.45. The fourth-order valence-electron chi connectivity index (χ4n) is 3.65. The van der Waals surface area contributed by atoms with E-state index in [4.69, 9.17) is 0 Å². The molecule has 1 aromatic carbocycles. The Hall–Kier alpha value is -2.16. The molecule has 148 valence electrons. The molecule has 1 saturated heterocycles. The Kier molecular flexibility index (Phi) is 5.52. The summed E-state index contributed by atoms with van der Waals surface area (Å²) < 4.78 is 29.9. The minimum absolute atomic E-state index is 0.121. The molecule has 2 aromatic heterocycles. The second-order valence-electron chi connectivity index (χ2n) is 7.03. The summed E-state index contributed by atoms with van der Waals surface area (Å²) in [5.74, 6) is 0.123. The predicted octanol–water partition coefficient (Wildman–Crippen LogP) is 3.06. The standard InChI is InChI=1S/C20H23N3O3S2/c24-19(10-14-22-11-7-16-4-1-2-5-18(16)22)23-12-8-17(9-13-23)21-28(25,26)20-6-3-15-27-20/h1-7,11,15,17,21H,8-10,12-14H2. The Balaban J connectivity index is 1.28. The first-order valence-corrected chi connectivity index (χ1v) is 11.8. The molecule has 3 aromatic rings. The number of aryl methyl sites for hydroxylation is 1. The van der Waals surface area contributed by atoms with Gasteiger partial charge in [-0.15, -0.1) is 11.3 Å². The van der Waals surface area contributed by atoms with Gasteiger partial charge in [-0.3, -0.25) is 4.79 Å². The van der Waals surface area contributed by atoms with Crippen molar-refractivity contribution in [3.05, 3.63) is 54.0 Å². The predicted molar refractivity (Wildman–Crippen MR) is 111 cm³/mol. The number of piperidine rings is 1. The largest absolute Gasteiger partial charge is 0.347 e. The average molecular weight is 418 g/mol. The topological polar surface area (TPSA) is 71.4 Å². The van der Waals surface area contributed by atoms with Crippen LogP contribution in [-0.4, -0.2) is 42.9 Å². The molecule has 8 heteroatoms. The molecule has 6 nitrogen and oxygen atoms in total. The lowest BCUT2D eigenvalue weighted by atomic mass is 10.1. The van der Waals surface area contributed by atoms with Gasteiger partial charge in [0, 0.05) is 43.8 Å². The number of rotatable bonds is 6. The third-order valence-electron chi connectivity index (χ3n) is 5.18. The Morgan fingerprint density at radius 1 is 1.11 bits per heavy atom. The van der Waals surface area contributed by atoms with E-state index in [0.29, 0.717) is 43.1 Å². The van der Waals surface area contributed by atoms with Crippen LogP contribution in [0.5, 0.6) is 0 Å². The first-order valence-electron chi connectivity index (χ1n) is 9.40. The Morgan fingerprint density at radius 2 is 1.89 bits per heavy atom. The Morgan fingerprint density at radius 3 is 2.64 bits per heavy atom. The van der Waals surface area contributed by atoms with Gasteiger partial charge in [0.05, 0.1) is 0 Å². The van der Waals surface area contributed by atoms with Crippen LogP contribution in [0.1, 0.15) is 19.3 Å². The van der Waals surface area contributed by atoms with Crippen LogP contribution in [-0.2, 0) is 21.4 Å². The third-order valence-corrected chi connectivity index (χ3v) is 8.09. The van der Waals surface area contributed by atoms with Gasteiger partial charge in [-0.2, -0.15) is 0 Å². The van der Waals surface area contributed by atoms with Crippen molar-refractivity contribution < 1.29 is 13.2 Å². The summed E-state index contributed by atoms with van der Waals surface area (Å²) >= 11 is 1.21. The number of nitrogens with one attached hydrogen (secondary N) is 1. The van der Waals surface area contributed by atoms with Crippen molar-refractivity contribution in [2.45, 2.75) is 36.1 Å². The number of hydrogen-bond donors (Lipinski definition) is 1. The minimum Gasteiger partial charge on any atom is -0.347 e. The van der Waals surface area contributed by atoms with Crippen molar-refractivity contribution in [3.8, 4) is 0 Å². The molecular formula is C20H23N3O3S2. The zero-order valence-electron chi connectivity index (χ0n) is 15.5. The molecule has 0 unspecified atom stereocenters. The first-order chi connectivity index (χ1) is 13.5. The van der Waals surface area contributed by atoms with Gasteiger partial charge in [-0.05, 0) is 41.8 Å². The lowest BCUT2D eigenvalue weighted by molar-refractivity contribution is -0.132. The SMILES string of the molecule is O=C(CCn1ccc2ccccc21)N1CCC(NS(=O)(=O)c2cccs2)CC1. The number of likely N-dealkylation sites (tertiary alicyclic amines) is 1. The molecule has 4 rings (SSSR count). The van der Waals surface area contributed by atoms with E-state index in [-0.39, 0.29) is 11.9 Å². The number of hydrogen-bond acceptors (Lipinski definition) is 4. The molecule has 0 atom stereocenters. The molecule has 1 aliphatic heterocycles. The molecule has 3 heterocycles. The van der Waals surface area contributed by atoms with Gasteiger partial charge >= 0.3 is 0 Å². The summed E-state index contributed by atoms with van der Waals surface area (Å²) in [5.41, 5.74) is 1.14. The summed E-state index contributed by atoms with van der Waals surface area (Å²) in [6.45, 7) is 1.82. The number of carbonyl (C=O) groups excluding carboxylic acids is 1. The summed E-state index contributed by atoms with van der Waals surface area (Å²) in [4.78, 5) is 14.4. The molecule has 1 amide bonds. The quantitative estimate of drug-likeness (QED) is 0.670. The van der Waals surface area contributed by atoms with Gasteiger partial charge in [0.25, 0.3) is 0 Å². The van der Waals surface area contributed by atoms with E-state index in [0.717, 1.165) is 5.52 Å². The van der Waals surface area contributed by atoms with E-state index in [9.17, 15) is 13.2 Å². The van der Waals surface area contributed by atoms with Crippen LogP contribution in [0.2, 0.25) is 0 Å². The van der Waals surface area contributed by atoms with Crippen molar-refractivity contribution >= 4 is 38.2 Å². The van der Waals surface area contributed by atoms with E-state index in [1.54, 1.807) is 17.5 Å². The van der Waals surface area contributed by atoms with Gasteiger partial charge < -0.3 is 9.47 Å². The number of thiophene rings is 1. The molecule has 0 aliphatic carbocycles. The lowest BCUT2D eigenvalue weighted by Crippen LogP contribution is -2.46. The van der Waals surface area contributed by atoms with Crippen molar-refractivity contribution in [1.29, 1.82) is 0 Å². The van der Waals surface area contributed by atoms with Gasteiger partial charge in [0.15, 0.2) is 0 Å². The van der Waals surface area contributed by atoms with Crippen molar-refractivity contribution in [2.75, 3.05) is 13.1 Å². The molecule has 1 aliphatic rings. The maximum Gasteiger partial charge on any atom is 0.250 e. The number of amides is 1. The van der Waals surface area contributed by atoms with Gasteiger partial charge in [0.1, 0.15) is 4.21 Å². The van der Waals surface area contributed by atoms with Crippen LogP contribution in [0.25, 0.3) is 10.9 Å². The van der Waals surface area contributed by atoms with Crippen molar-refractivity contribution in [3.63, 3.8) is 0 Å². The maximum atomic E-state index is 12.6. The average Bonchev–Trinajstić information content (AvgIpc) is 3.37. The fraction of sp³-hybridized carbons (Fsp3) is 0.350. The van der Waals surface area contributed by atoms with Crippen LogP contribution in [0, 0.1) is 0 Å². The highest BCUT2D eigenvalue weighted by Crippen LogP contribution is 2.20. The highest BCUT2D eigenvalue weighted by molar-refractivity contribution is 7.91. The van der Waals surface area contributed by atoms with E-state index in [2.05, 4.69) is 27.5 Å². The maximum absolute atomic E-state index is 12.6. The molecule has 1 N–H and O–H groups in total. The zero-order chi connectivity index (χ0) is 19.6. The lowest BCUT2D eigenvalue weighted by Gasteiger charge is -2.32. The molecule has 0 spiro atoms. The highest BCUT2D eigenvalue weighted by atomic mass is 32.2. The number of fused-ring (bicyclic) bond motifs is 1. The van der Waals surface area contributed by atoms with E-state index < -0.39 is 10.0 Å². The smallest absolute Gasteiger partial charge is 0.250 e. The zero-order valence-corrected chi connectivity index (χ0v) is 17.1. The monoisotopic (exact) mass is 417 g/mol. The van der Waals surface area contributed by atoms with Gasteiger partial charge in [0.2, 0.25) is 15.9 Å². The summed E-state index contributed by atoms with van der Waals surface area (Å²) in [7, 11) is -3.45. The number of benzene rings is 1. The van der Waals surface area contributed by atoms with Gasteiger partial charge in [-0.25, -0.2) is 13.1 Å². The second kappa shape index (κ2) is 8.06. The summed E-state index contributed by atoms with van der Waals surface area (Å²) in [6, 6.07) is 13.4. The molecule has 1 fully saturated rings. The molecule has 28 heavy (non-hydrogen) atoms. The van der Waals surface area contributed by atoms with Crippen molar-refractivity contribution in [2.24, 2.45) is 0 Å². The van der Waals surface area contributed by atoms with Gasteiger partial charge in [-0.1, -0.05) is 24.3 Å². The van der Waals surface area contributed by atoms with Crippen LogP contribution in [0.4, 0.5) is 0 Å². The number of carbonyl (C=O) groups is 1. The highest BCUT2D eigenvalue weighted by Gasteiger charge is 2.27. The molecule has 0 saturated carbocycles. The Labute approximate surface area is 168 Å². The third kappa shape index (κ3) is 4.14. The van der Waals surface area contributed by atoms with Crippen LogP contribution >= 0.6 is 11.3 Å². The van der Waals surface area contributed by atoms with Crippen LogP contribution in [0.3, 0.4) is 0 Å². The van der Waals surface area contributed by atoms with Crippen LogP contribution < -0.4 is 4.72 Å². The number of para-hydroxylation sites is 1. The molecule has 0 radical (unpaired) electrons. The normalized spacial score (nSPS) is 15.9. The first kappa shape index (κ1) is 19.2. The van der Waals surface area contributed by atoms with E-state index in [1.165, 1.54) is 16.7 Å². The number of aromatic nitrogens is 1. The van der Waals surface area contributed by atoms with Crippen molar-refractivity contribution in [1.82, 2.24) is 14.2 Å². The Bertz CT molecular complexity index is 1050. The number of nitrogens with zero attached hydrogens (tertiary/aromatic N) is 2. The van der Waals surface area contributed by atoms with Crippen LogP contribution in [0.15, 0.2) is 58.3 Å². The molecular weight excluding hydrogens is 394 g/mol. The second-order valence-corrected chi connectivity index (χ2v) is 9.91. The van der Waals surface area contributed by atoms with E-state index >= 15 is 0 Å². The van der Waals surface area contributed by atoms with E-state index in [1.807, 2.05) is 23.2 Å². The summed E-state index contributed by atoms with van der Waals surface area (Å²) in [6.07, 6.45) is 3.75. The fourth-order valence-corrected chi connectivity index (χ4v) is 5.96. The summed E-state index contributed by atoms with van der Waals surface area (Å²) in [5, 5.41) is 2.93. The molecule has 0 bridgehead atoms. The number of sulfonamides is 1.